The number of nitrogens with one attached hydrogen (secondary N) is 1. The molecule has 1 N–H and O–H groups in total. The van der Waals surface area contributed by atoms with Crippen LogP contribution in [0.25, 0.3) is 0 Å². The Kier molecular flexibility index (Phi) is 6.61. The summed E-state index contributed by atoms with van der Waals surface area (Å²) in [5, 5.41) is 3.57. The molecule has 2 atom stereocenters. The Bertz CT molecular complexity index is 222. The minimum atomic E-state index is 0.533. The van der Waals surface area contributed by atoms with Gasteiger partial charge in [0.25, 0.3) is 0 Å². The molecular formula is C15H33N3. The van der Waals surface area contributed by atoms with Crippen molar-refractivity contribution in [1.29, 1.82) is 0 Å². The standard InChI is InChI=1S/C15H33N3/c1-6-8-15(9-10-16-12-15)13-18(7-2)14(3)11-17(4)5/h14,16H,6-13H2,1-5H3. The highest BCUT2D eigenvalue weighted by Gasteiger charge is 2.35. The third kappa shape index (κ3) is 4.52. The van der Waals surface area contributed by atoms with E-state index in [0.29, 0.717) is 11.5 Å². The predicted molar refractivity (Wildman–Crippen MR) is 80.1 cm³/mol. The van der Waals surface area contributed by atoms with Crippen molar-refractivity contribution in [2.75, 3.05) is 46.8 Å². The van der Waals surface area contributed by atoms with E-state index in [2.05, 4.69) is 50.0 Å². The first-order chi connectivity index (χ1) is 8.53. The highest BCUT2D eigenvalue weighted by Crippen LogP contribution is 2.32. The van der Waals surface area contributed by atoms with Gasteiger partial charge in [-0.3, -0.25) is 4.90 Å². The lowest BCUT2D eigenvalue weighted by molar-refractivity contribution is 0.108. The second-order valence-electron chi connectivity index (χ2n) is 6.35. The van der Waals surface area contributed by atoms with Crippen molar-refractivity contribution in [3.63, 3.8) is 0 Å². The Morgan fingerprint density at radius 3 is 2.44 bits per heavy atom. The van der Waals surface area contributed by atoms with E-state index >= 15 is 0 Å². The van der Waals surface area contributed by atoms with Gasteiger partial charge in [0.2, 0.25) is 0 Å². The maximum absolute atomic E-state index is 3.57. The first-order valence-corrected chi connectivity index (χ1v) is 7.62. The molecule has 0 aromatic rings. The second-order valence-corrected chi connectivity index (χ2v) is 6.35. The van der Waals surface area contributed by atoms with Gasteiger partial charge in [-0.25, -0.2) is 0 Å². The quantitative estimate of drug-likeness (QED) is 0.716. The number of rotatable bonds is 8. The van der Waals surface area contributed by atoms with Crippen LogP contribution in [0.5, 0.6) is 0 Å². The molecule has 0 radical (unpaired) electrons. The molecule has 3 heteroatoms. The lowest BCUT2D eigenvalue weighted by Gasteiger charge is -2.38. The second kappa shape index (κ2) is 7.46. The Labute approximate surface area is 114 Å². The van der Waals surface area contributed by atoms with Crippen LogP contribution in [0, 0.1) is 5.41 Å². The molecule has 1 rings (SSSR count). The Morgan fingerprint density at radius 1 is 1.28 bits per heavy atom. The van der Waals surface area contributed by atoms with E-state index < -0.39 is 0 Å². The molecule has 0 aromatic heterocycles. The van der Waals surface area contributed by atoms with Crippen LogP contribution in [0.2, 0.25) is 0 Å². The largest absolute Gasteiger partial charge is 0.316 e. The molecule has 0 aromatic carbocycles. The lowest BCUT2D eigenvalue weighted by Crippen LogP contribution is -2.46. The van der Waals surface area contributed by atoms with E-state index in [-0.39, 0.29) is 0 Å². The van der Waals surface area contributed by atoms with Crippen LogP contribution < -0.4 is 5.32 Å². The van der Waals surface area contributed by atoms with Crippen LogP contribution in [0.3, 0.4) is 0 Å². The smallest absolute Gasteiger partial charge is 0.0194 e. The highest BCUT2D eigenvalue weighted by atomic mass is 15.2. The minimum absolute atomic E-state index is 0.533. The summed E-state index contributed by atoms with van der Waals surface area (Å²) in [6, 6.07) is 0.652. The summed E-state index contributed by atoms with van der Waals surface area (Å²) in [4.78, 5) is 4.97. The summed E-state index contributed by atoms with van der Waals surface area (Å²) in [5.74, 6) is 0. The fourth-order valence-corrected chi connectivity index (χ4v) is 3.41. The fourth-order valence-electron chi connectivity index (χ4n) is 3.41. The minimum Gasteiger partial charge on any atom is -0.316 e. The molecule has 2 unspecified atom stereocenters. The van der Waals surface area contributed by atoms with Gasteiger partial charge in [0, 0.05) is 25.7 Å². The van der Waals surface area contributed by atoms with Crippen molar-refractivity contribution in [2.45, 2.75) is 46.1 Å². The van der Waals surface area contributed by atoms with Gasteiger partial charge in [0.1, 0.15) is 0 Å². The molecule has 0 amide bonds. The van der Waals surface area contributed by atoms with Crippen LogP contribution in [-0.4, -0.2) is 62.7 Å². The summed E-state index contributed by atoms with van der Waals surface area (Å²) >= 11 is 0. The monoisotopic (exact) mass is 255 g/mol. The maximum Gasteiger partial charge on any atom is 0.0194 e. The van der Waals surface area contributed by atoms with Gasteiger partial charge >= 0.3 is 0 Å². The molecule has 1 fully saturated rings. The lowest BCUT2D eigenvalue weighted by atomic mass is 9.81. The van der Waals surface area contributed by atoms with Crippen molar-refractivity contribution in [3.05, 3.63) is 0 Å². The summed E-state index contributed by atoms with van der Waals surface area (Å²) in [7, 11) is 4.34. The molecule has 3 nitrogen and oxygen atoms in total. The predicted octanol–water partition coefficient (Wildman–Crippen LogP) is 2.04. The molecule has 1 saturated heterocycles. The molecule has 1 heterocycles. The molecule has 1 aliphatic heterocycles. The zero-order valence-electron chi connectivity index (χ0n) is 13.1. The number of hydrogen-bond donors (Lipinski definition) is 1. The SMILES string of the molecule is CCCC1(CN(CC)C(C)CN(C)C)CCNC1. The zero-order valence-corrected chi connectivity index (χ0v) is 13.1. The summed E-state index contributed by atoms with van der Waals surface area (Å²) in [6.07, 6.45) is 4.03. The van der Waals surface area contributed by atoms with Crippen molar-refractivity contribution in [1.82, 2.24) is 15.1 Å². The van der Waals surface area contributed by atoms with E-state index in [4.69, 9.17) is 0 Å². The molecule has 18 heavy (non-hydrogen) atoms. The van der Waals surface area contributed by atoms with Crippen molar-refractivity contribution in [3.8, 4) is 0 Å². The van der Waals surface area contributed by atoms with Crippen molar-refractivity contribution < 1.29 is 0 Å². The maximum atomic E-state index is 3.57. The van der Waals surface area contributed by atoms with Gasteiger partial charge in [-0.1, -0.05) is 20.3 Å². The van der Waals surface area contributed by atoms with E-state index in [9.17, 15) is 0 Å². The molecule has 0 aliphatic carbocycles. The molecule has 108 valence electrons. The summed E-state index contributed by atoms with van der Waals surface area (Å²) in [5.41, 5.74) is 0.533. The van der Waals surface area contributed by atoms with Gasteiger partial charge in [-0.2, -0.15) is 0 Å². The summed E-state index contributed by atoms with van der Waals surface area (Å²) in [6.45, 7) is 13.0. The molecule has 1 aliphatic rings. The third-order valence-electron chi connectivity index (χ3n) is 4.31. The van der Waals surface area contributed by atoms with Crippen LogP contribution in [0.4, 0.5) is 0 Å². The van der Waals surface area contributed by atoms with Crippen LogP contribution in [0.15, 0.2) is 0 Å². The average molecular weight is 255 g/mol. The average Bonchev–Trinajstić information content (AvgIpc) is 2.74. The third-order valence-corrected chi connectivity index (χ3v) is 4.31. The van der Waals surface area contributed by atoms with E-state index in [0.717, 1.165) is 6.54 Å². The zero-order chi connectivity index (χ0) is 13.6. The highest BCUT2D eigenvalue weighted by molar-refractivity contribution is 4.91. The van der Waals surface area contributed by atoms with Crippen LogP contribution in [0.1, 0.15) is 40.0 Å². The molecule has 0 bridgehead atoms. The van der Waals surface area contributed by atoms with Crippen molar-refractivity contribution in [2.24, 2.45) is 5.41 Å². The van der Waals surface area contributed by atoms with Gasteiger partial charge in [0.15, 0.2) is 0 Å². The van der Waals surface area contributed by atoms with Gasteiger partial charge in [-0.15, -0.1) is 0 Å². The number of likely N-dealkylation sites (N-methyl/N-ethyl adjacent to an activating group) is 2. The molecule has 0 saturated carbocycles. The van der Waals surface area contributed by atoms with Crippen LogP contribution in [-0.2, 0) is 0 Å². The number of nitrogens with zero attached hydrogens (tertiary/aromatic N) is 2. The number of hydrogen-bond acceptors (Lipinski definition) is 3. The van der Waals surface area contributed by atoms with Gasteiger partial charge in [-0.05, 0) is 52.4 Å². The van der Waals surface area contributed by atoms with Gasteiger partial charge < -0.3 is 10.2 Å². The van der Waals surface area contributed by atoms with Crippen LogP contribution >= 0.6 is 0 Å². The first kappa shape index (κ1) is 15.9. The van der Waals surface area contributed by atoms with E-state index in [1.54, 1.807) is 0 Å². The normalized spacial score (nSPS) is 26.2. The molecular weight excluding hydrogens is 222 g/mol. The Hall–Kier alpha value is -0.120. The summed E-state index contributed by atoms with van der Waals surface area (Å²) < 4.78 is 0. The fraction of sp³-hybridized carbons (Fsp3) is 1.00. The topological polar surface area (TPSA) is 18.5 Å². The van der Waals surface area contributed by atoms with Crippen molar-refractivity contribution >= 4 is 0 Å². The molecule has 0 spiro atoms. The van der Waals surface area contributed by atoms with E-state index in [1.807, 2.05) is 0 Å². The Balaban J connectivity index is 2.59. The Morgan fingerprint density at radius 2 is 2.00 bits per heavy atom. The van der Waals surface area contributed by atoms with Gasteiger partial charge in [0.05, 0.1) is 0 Å². The van der Waals surface area contributed by atoms with E-state index in [1.165, 1.54) is 45.4 Å². The first-order valence-electron chi connectivity index (χ1n) is 7.62.